The average molecular weight is 402 g/mol. The molecule has 1 atom stereocenters. The summed E-state index contributed by atoms with van der Waals surface area (Å²) in [6.45, 7) is 1.09. The smallest absolute Gasteiger partial charge is 0.325 e. The Morgan fingerprint density at radius 3 is 2.69 bits per heavy atom. The third-order valence-electron chi connectivity index (χ3n) is 5.47. The van der Waals surface area contributed by atoms with Gasteiger partial charge in [-0.15, -0.1) is 0 Å². The molecule has 6 amide bonds. The van der Waals surface area contributed by atoms with Gasteiger partial charge in [0.1, 0.15) is 12.1 Å². The standard InChI is InChI=1S/C19H22N4O6/c1-19(11-6-7-13-14(8-11)29-10-28-13)16(25)23(18(27)22-19)9-15(24)21-17(26)20-12-4-2-3-5-12/h6-8,12H,2-5,9-10H2,1H3,(H,22,27)(H2,20,21,24,26)/t19-/m1/s1. The Balaban J connectivity index is 1.41. The highest BCUT2D eigenvalue weighted by atomic mass is 16.7. The van der Waals surface area contributed by atoms with Crippen LogP contribution in [0.2, 0.25) is 0 Å². The zero-order valence-electron chi connectivity index (χ0n) is 15.9. The summed E-state index contributed by atoms with van der Waals surface area (Å²) in [5, 5.41) is 7.51. The Labute approximate surface area is 166 Å². The SMILES string of the molecule is C[C@]1(c2ccc3c(c2)OCO3)NC(=O)N(CC(=O)NC(=O)NC2CCCC2)C1=O. The molecule has 1 aliphatic carbocycles. The lowest BCUT2D eigenvalue weighted by Gasteiger charge is -2.22. The predicted molar refractivity (Wildman–Crippen MR) is 99.1 cm³/mol. The molecule has 2 fully saturated rings. The van der Waals surface area contributed by atoms with Crippen LogP contribution >= 0.6 is 0 Å². The maximum absolute atomic E-state index is 12.9. The van der Waals surface area contributed by atoms with Crippen LogP contribution in [0.25, 0.3) is 0 Å². The van der Waals surface area contributed by atoms with Crippen molar-refractivity contribution in [3.05, 3.63) is 23.8 Å². The van der Waals surface area contributed by atoms with E-state index in [2.05, 4.69) is 16.0 Å². The molecule has 2 heterocycles. The molecule has 10 nitrogen and oxygen atoms in total. The van der Waals surface area contributed by atoms with Crippen molar-refractivity contribution < 1.29 is 28.7 Å². The van der Waals surface area contributed by atoms with E-state index < -0.39 is 36.0 Å². The minimum atomic E-state index is -1.36. The zero-order valence-corrected chi connectivity index (χ0v) is 15.9. The number of ether oxygens (including phenoxy) is 2. The molecule has 3 aliphatic rings. The van der Waals surface area contributed by atoms with Crippen LogP contribution in [0.4, 0.5) is 9.59 Å². The Kier molecular flexibility index (Phi) is 4.77. The van der Waals surface area contributed by atoms with E-state index in [1.165, 1.54) is 0 Å². The summed E-state index contributed by atoms with van der Waals surface area (Å²) in [7, 11) is 0. The van der Waals surface area contributed by atoms with Crippen LogP contribution in [0.3, 0.4) is 0 Å². The van der Waals surface area contributed by atoms with Crippen LogP contribution in [-0.2, 0) is 15.1 Å². The number of urea groups is 2. The van der Waals surface area contributed by atoms with E-state index in [1.54, 1.807) is 25.1 Å². The number of amides is 6. The van der Waals surface area contributed by atoms with E-state index in [0.717, 1.165) is 30.6 Å². The highest BCUT2D eigenvalue weighted by Gasteiger charge is 2.50. The first-order valence-electron chi connectivity index (χ1n) is 9.51. The summed E-state index contributed by atoms with van der Waals surface area (Å²) >= 11 is 0. The second kappa shape index (κ2) is 7.26. The molecular weight excluding hydrogens is 380 g/mol. The molecule has 1 saturated carbocycles. The number of nitrogens with zero attached hydrogens (tertiary/aromatic N) is 1. The second-order valence-corrected chi connectivity index (χ2v) is 7.52. The third kappa shape index (κ3) is 3.57. The Morgan fingerprint density at radius 2 is 1.93 bits per heavy atom. The zero-order chi connectivity index (χ0) is 20.6. The average Bonchev–Trinajstić information content (AvgIpc) is 3.39. The molecular formula is C19H22N4O6. The van der Waals surface area contributed by atoms with Gasteiger partial charge in [0.2, 0.25) is 12.7 Å². The van der Waals surface area contributed by atoms with Gasteiger partial charge in [0.05, 0.1) is 0 Å². The quantitative estimate of drug-likeness (QED) is 0.644. The summed E-state index contributed by atoms with van der Waals surface area (Å²) in [4.78, 5) is 50.2. The van der Waals surface area contributed by atoms with Crippen LogP contribution in [0.1, 0.15) is 38.2 Å². The van der Waals surface area contributed by atoms with Crippen LogP contribution in [0, 0.1) is 0 Å². The maximum atomic E-state index is 12.9. The Hall–Kier alpha value is -3.30. The molecule has 0 unspecified atom stereocenters. The molecule has 29 heavy (non-hydrogen) atoms. The van der Waals surface area contributed by atoms with Crippen molar-refractivity contribution in [2.75, 3.05) is 13.3 Å². The summed E-state index contributed by atoms with van der Waals surface area (Å²) in [5.74, 6) is -0.296. The first-order valence-corrected chi connectivity index (χ1v) is 9.51. The highest BCUT2D eigenvalue weighted by molar-refractivity contribution is 6.10. The number of imide groups is 2. The minimum absolute atomic E-state index is 0.0498. The van der Waals surface area contributed by atoms with Gasteiger partial charge in [0.25, 0.3) is 5.91 Å². The van der Waals surface area contributed by atoms with E-state index >= 15 is 0 Å². The molecule has 1 saturated heterocycles. The van der Waals surface area contributed by atoms with Crippen LogP contribution in [0.15, 0.2) is 18.2 Å². The predicted octanol–water partition coefficient (Wildman–Crippen LogP) is 0.951. The van der Waals surface area contributed by atoms with Gasteiger partial charge < -0.3 is 20.1 Å². The molecule has 154 valence electrons. The summed E-state index contributed by atoms with van der Waals surface area (Å²) < 4.78 is 10.6. The lowest BCUT2D eigenvalue weighted by molar-refractivity contribution is -0.134. The van der Waals surface area contributed by atoms with Gasteiger partial charge in [-0.25, -0.2) is 9.59 Å². The van der Waals surface area contributed by atoms with Crippen molar-refractivity contribution in [1.82, 2.24) is 20.9 Å². The van der Waals surface area contributed by atoms with Crippen molar-refractivity contribution in [2.24, 2.45) is 0 Å². The third-order valence-corrected chi connectivity index (χ3v) is 5.47. The topological polar surface area (TPSA) is 126 Å². The number of carbonyl (C=O) groups is 4. The number of rotatable bonds is 4. The fourth-order valence-electron chi connectivity index (χ4n) is 3.85. The monoisotopic (exact) mass is 402 g/mol. The van der Waals surface area contributed by atoms with Gasteiger partial charge in [-0.05, 0) is 37.5 Å². The molecule has 1 aromatic carbocycles. The van der Waals surface area contributed by atoms with Gasteiger partial charge in [-0.1, -0.05) is 18.9 Å². The maximum Gasteiger partial charge on any atom is 0.325 e. The fourth-order valence-corrected chi connectivity index (χ4v) is 3.85. The van der Waals surface area contributed by atoms with Gasteiger partial charge in [-0.2, -0.15) is 0 Å². The number of benzene rings is 1. The normalized spacial score (nSPS) is 23.3. The molecule has 2 aliphatic heterocycles. The number of carbonyl (C=O) groups excluding carboxylic acids is 4. The van der Waals surface area contributed by atoms with Crippen LogP contribution < -0.4 is 25.4 Å². The van der Waals surface area contributed by atoms with Crippen molar-refractivity contribution in [2.45, 2.75) is 44.2 Å². The largest absolute Gasteiger partial charge is 0.454 e. The number of fused-ring (bicyclic) bond motifs is 1. The summed E-state index contributed by atoms with van der Waals surface area (Å²) in [6, 6.07) is 3.66. The second-order valence-electron chi connectivity index (χ2n) is 7.52. The van der Waals surface area contributed by atoms with E-state index in [1.807, 2.05) is 0 Å². The molecule has 0 spiro atoms. The van der Waals surface area contributed by atoms with Crippen molar-refractivity contribution >= 4 is 23.9 Å². The lowest BCUT2D eigenvalue weighted by atomic mass is 9.91. The van der Waals surface area contributed by atoms with Crippen molar-refractivity contribution in [1.29, 1.82) is 0 Å². The van der Waals surface area contributed by atoms with Crippen molar-refractivity contribution in [3.8, 4) is 11.5 Å². The minimum Gasteiger partial charge on any atom is -0.454 e. The first-order chi connectivity index (χ1) is 13.9. The summed E-state index contributed by atoms with van der Waals surface area (Å²) in [6.07, 6.45) is 3.84. The van der Waals surface area contributed by atoms with Gasteiger partial charge in [-0.3, -0.25) is 19.8 Å². The van der Waals surface area contributed by atoms with E-state index in [-0.39, 0.29) is 12.8 Å². The highest BCUT2D eigenvalue weighted by Crippen LogP contribution is 2.37. The van der Waals surface area contributed by atoms with Crippen LogP contribution in [0.5, 0.6) is 11.5 Å². The Bertz CT molecular complexity index is 881. The molecule has 3 N–H and O–H groups in total. The number of hydrogen-bond donors (Lipinski definition) is 3. The van der Waals surface area contributed by atoms with Gasteiger partial charge in [0.15, 0.2) is 11.5 Å². The first kappa shape index (κ1) is 19.0. The number of hydrogen-bond acceptors (Lipinski definition) is 6. The molecule has 0 bridgehead atoms. The van der Waals surface area contributed by atoms with Crippen molar-refractivity contribution in [3.63, 3.8) is 0 Å². The van der Waals surface area contributed by atoms with Gasteiger partial charge >= 0.3 is 12.1 Å². The fraction of sp³-hybridized carbons (Fsp3) is 0.474. The number of nitrogens with one attached hydrogen (secondary N) is 3. The van der Waals surface area contributed by atoms with E-state index in [4.69, 9.17) is 9.47 Å². The van der Waals surface area contributed by atoms with E-state index in [0.29, 0.717) is 17.1 Å². The molecule has 10 heteroatoms. The van der Waals surface area contributed by atoms with Crippen LogP contribution in [-0.4, -0.2) is 48.2 Å². The van der Waals surface area contributed by atoms with Gasteiger partial charge in [0, 0.05) is 6.04 Å². The Morgan fingerprint density at radius 1 is 1.21 bits per heavy atom. The molecule has 4 rings (SSSR count). The molecule has 0 radical (unpaired) electrons. The molecule has 1 aromatic rings. The lowest BCUT2D eigenvalue weighted by Crippen LogP contribution is -2.48. The molecule has 0 aromatic heterocycles. The summed E-state index contributed by atoms with van der Waals surface area (Å²) in [5.41, 5.74) is -0.855. The van der Waals surface area contributed by atoms with E-state index in [9.17, 15) is 19.2 Å².